The van der Waals surface area contributed by atoms with Crippen LogP contribution in [-0.2, 0) is 4.79 Å². The lowest BCUT2D eigenvalue weighted by Gasteiger charge is -2.43. The summed E-state index contributed by atoms with van der Waals surface area (Å²) in [5.74, 6) is -1.20. The van der Waals surface area contributed by atoms with Crippen LogP contribution in [-0.4, -0.2) is 27.5 Å². The third kappa shape index (κ3) is 1.22. The van der Waals surface area contributed by atoms with E-state index >= 15 is 0 Å². The maximum absolute atomic E-state index is 12.0. The second kappa shape index (κ2) is 3.27. The van der Waals surface area contributed by atoms with Gasteiger partial charge in [0.25, 0.3) is 5.54 Å². The van der Waals surface area contributed by atoms with E-state index in [-0.39, 0.29) is 11.7 Å². The zero-order valence-electron chi connectivity index (χ0n) is 8.68. The van der Waals surface area contributed by atoms with Crippen molar-refractivity contribution in [2.45, 2.75) is 44.2 Å². The number of nitrogens with zero attached hydrogens (tertiary/aromatic N) is 1. The zero-order chi connectivity index (χ0) is 11.2. The number of rotatable bonds is 1. The standard InChI is InChI=1S/C10H15NO4/c1-6-5-8(12)7-3-2-4-10(6,9(7)13)11(14)15/h6-8,12H,2-5H2,1H3/t6-,7+,8-,10+/m0/s1. The first-order valence-electron chi connectivity index (χ1n) is 5.37. The van der Waals surface area contributed by atoms with E-state index in [4.69, 9.17) is 0 Å². The van der Waals surface area contributed by atoms with Gasteiger partial charge in [0.15, 0.2) is 0 Å². The fraction of sp³-hybridized carbons (Fsp3) is 0.900. The average molecular weight is 213 g/mol. The van der Waals surface area contributed by atoms with E-state index in [9.17, 15) is 20.0 Å². The number of ketones is 1. The third-order valence-corrected chi connectivity index (χ3v) is 4.04. The molecule has 0 aromatic rings. The summed E-state index contributed by atoms with van der Waals surface area (Å²) in [6.07, 6.45) is 1.29. The summed E-state index contributed by atoms with van der Waals surface area (Å²) in [7, 11) is 0. The van der Waals surface area contributed by atoms with E-state index in [2.05, 4.69) is 0 Å². The minimum Gasteiger partial charge on any atom is -0.392 e. The minimum absolute atomic E-state index is 0.337. The molecule has 0 heterocycles. The van der Waals surface area contributed by atoms with Gasteiger partial charge >= 0.3 is 0 Å². The van der Waals surface area contributed by atoms with E-state index in [0.717, 1.165) is 0 Å². The van der Waals surface area contributed by atoms with Crippen molar-refractivity contribution >= 4 is 5.78 Å². The monoisotopic (exact) mass is 213 g/mol. The highest BCUT2D eigenvalue weighted by atomic mass is 16.6. The smallest absolute Gasteiger partial charge is 0.282 e. The largest absolute Gasteiger partial charge is 0.392 e. The quantitative estimate of drug-likeness (QED) is 0.515. The van der Waals surface area contributed by atoms with Crippen molar-refractivity contribution in [3.05, 3.63) is 10.1 Å². The van der Waals surface area contributed by atoms with Crippen LogP contribution in [0.3, 0.4) is 0 Å². The number of carbonyl (C=O) groups is 1. The highest BCUT2D eigenvalue weighted by Gasteiger charge is 2.63. The highest BCUT2D eigenvalue weighted by Crippen LogP contribution is 2.45. The fourth-order valence-electron chi connectivity index (χ4n) is 3.11. The van der Waals surface area contributed by atoms with Gasteiger partial charge in [-0.2, -0.15) is 0 Å². The molecule has 2 rings (SSSR count). The van der Waals surface area contributed by atoms with E-state index in [1.165, 1.54) is 0 Å². The van der Waals surface area contributed by atoms with Crippen LogP contribution in [0.2, 0.25) is 0 Å². The van der Waals surface area contributed by atoms with Gasteiger partial charge in [-0.25, -0.2) is 0 Å². The Morgan fingerprint density at radius 2 is 2.27 bits per heavy atom. The lowest BCUT2D eigenvalue weighted by atomic mass is 9.60. The van der Waals surface area contributed by atoms with Crippen LogP contribution in [0.4, 0.5) is 0 Å². The Morgan fingerprint density at radius 3 is 2.87 bits per heavy atom. The number of carbonyl (C=O) groups excluding carboxylic acids is 1. The summed E-state index contributed by atoms with van der Waals surface area (Å²) < 4.78 is 0. The Hall–Kier alpha value is -0.970. The molecule has 2 aliphatic carbocycles. The maximum Gasteiger partial charge on any atom is 0.282 e. The van der Waals surface area contributed by atoms with Crippen molar-refractivity contribution in [2.75, 3.05) is 0 Å². The number of hydrogen-bond donors (Lipinski definition) is 1. The van der Waals surface area contributed by atoms with Gasteiger partial charge in [0.2, 0.25) is 5.78 Å². The first-order chi connectivity index (χ1) is 7.00. The van der Waals surface area contributed by atoms with Gasteiger partial charge in [-0.1, -0.05) is 6.92 Å². The summed E-state index contributed by atoms with van der Waals surface area (Å²) >= 11 is 0. The summed E-state index contributed by atoms with van der Waals surface area (Å²) in [4.78, 5) is 22.7. The topological polar surface area (TPSA) is 80.4 Å². The molecule has 0 amide bonds. The van der Waals surface area contributed by atoms with Crippen LogP contribution in [0.25, 0.3) is 0 Å². The van der Waals surface area contributed by atoms with Gasteiger partial charge in [-0.15, -0.1) is 0 Å². The van der Waals surface area contributed by atoms with Crippen LogP contribution < -0.4 is 0 Å². The molecule has 2 bridgehead atoms. The van der Waals surface area contributed by atoms with E-state index in [0.29, 0.717) is 25.7 Å². The predicted molar refractivity (Wildman–Crippen MR) is 51.9 cm³/mol. The molecule has 0 spiro atoms. The summed E-state index contributed by atoms with van der Waals surface area (Å²) in [6, 6.07) is 0. The van der Waals surface area contributed by atoms with Crippen LogP contribution in [0.5, 0.6) is 0 Å². The van der Waals surface area contributed by atoms with Gasteiger partial charge < -0.3 is 5.11 Å². The molecule has 1 N–H and O–H groups in total. The molecule has 84 valence electrons. The Balaban J connectivity index is 2.43. The van der Waals surface area contributed by atoms with E-state index in [1.807, 2.05) is 0 Å². The lowest BCUT2D eigenvalue weighted by Crippen LogP contribution is -2.62. The van der Waals surface area contributed by atoms with Crippen molar-refractivity contribution < 1.29 is 14.8 Å². The number of fused-ring (bicyclic) bond motifs is 2. The normalized spacial score (nSPS) is 45.2. The molecular weight excluding hydrogens is 198 g/mol. The Morgan fingerprint density at radius 1 is 1.60 bits per heavy atom. The van der Waals surface area contributed by atoms with Crippen molar-refractivity contribution in [1.82, 2.24) is 0 Å². The molecule has 2 saturated carbocycles. The molecule has 4 atom stereocenters. The third-order valence-electron chi connectivity index (χ3n) is 4.04. The van der Waals surface area contributed by atoms with Gasteiger partial charge in [-0.05, 0) is 19.3 Å². The second-order valence-corrected chi connectivity index (χ2v) is 4.75. The molecule has 0 aliphatic heterocycles. The van der Waals surface area contributed by atoms with Crippen molar-refractivity contribution in [3.63, 3.8) is 0 Å². The number of aliphatic hydroxyl groups is 1. The van der Waals surface area contributed by atoms with Crippen LogP contribution in [0.15, 0.2) is 0 Å². The van der Waals surface area contributed by atoms with Crippen molar-refractivity contribution in [3.8, 4) is 0 Å². The number of hydrogen-bond acceptors (Lipinski definition) is 4. The van der Waals surface area contributed by atoms with Crippen LogP contribution >= 0.6 is 0 Å². The SMILES string of the molecule is C[C@H]1C[C@H](O)[C@H]2CCC[C@]1([N+](=O)[O-])C2=O. The van der Waals surface area contributed by atoms with Crippen molar-refractivity contribution in [1.29, 1.82) is 0 Å². The van der Waals surface area contributed by atoms with Gasteiger partial charge in [-0.3, -0.25) is 14.9 Å². The molecule has 2 fully saturated rings. The molecule has 5 nitrogen and oxygen atoms in total. The Labute approximate surface area is 87.6 Å². The molecule has 0 radical (unpaired) electrons. The molecular formula is C10H15NO4. The summed E-state index contributed by atoms with van der Waals surface area (Å²) in [5, 5.41) is 20.8. The van der Waals surface area contributed by atoms with Gasteiger partial charge in [0.1, 0.15) is 0 Å². The summed E-state index contributed by atoms with van der Waals surface area (Å²) in [6.45, 7) is 1.70. The molecule has 15 heavy (non-hydrogen) atoms. The average Bonchev–Trinajstić information content (AvgIpc) is 2.14. The number of aliphatic hydroxyl groups excluding tert-OH is 1. The zero-order valence-corrected chi connectivity index (χ0v) is 8.68. The molecule has 0 aromatic carbocycles. The molecule has 2 aliphatic rings. The van der Waals surface area contributed by atoms with Crippen LogP contribution in [0, 0.1) is 22.0 Å². The predicted octanol–water partition coefficient (Wildman–Crippen LogP) is 0.772. The first-order valence-corrected chi connectivity index (χ1v) is 5.37. The second-order valence-electron chi connectivity index (χ2n) is 4.75. The van der Waals surface area contributed by atoms with Gasteiger partial charge in [0, 0.05) is 17.3 Å². The molecule has 0 unspecified atom stereocenters. The Kier molecular flexibility index (Phi) is 2.30. The van der Waals surface area contributed by atoms with E-state index in [1.54, 1.807) is 6.92 Å². The number of Topliss-reactive ketones (excluding diaryl/α,β-unsaturated/α-hetero) is 1. The molecule has 0 aromatic heterocycles. The number of nitro groups is 1. The highest BCUT2D eigenvalue weighted by molar-refractivity contribution is 5.91. The van der Waals surface area contributed by atoms with Gasteiger partial charge in [0.05, 0.1) is 12.0 Å². The van der Waals surface area contributed by atoms with Crippen LogP contribution in [0.1, 0.15) is 32.6 Å². The fourth-order valence-corrected chi connectivity index (χ4v) is 3.11. The Bertz CT molecular complexity index is 317. The first kappa shape index (κ1) is 10.5. The molecule has 5 heteroatoms. The lowest BCUT2D eigenvalue weighted by molar-refractivity contribution is -0.568. The molecule has 0 saturated heterocycles. The minimum atomic E-state index is -1.40. The van der Waals surface area contributed by atoms with Crippen molar-refractivity contribution in [2.24, 2.45) is 11.8 Å². The summed E-state index contributed by atoms with van der Waals surface area (Å²) in [5.41, 5.74) is -1.40. The van der Waals surface area contributed by atoms with E-state index < -0.39 is 22.5 Å². The maximum atomic E-state index is 12.0.